The Morgan fingerprint density at radius 2 is 1.52 bits per heavy atom. The van der Waals surface area contributed by atoms with E-state index in [1.165, 1.54) is 25.3 Å². The summed E-state index contributed by atoms with van der Waals surface area (Å²) in [6.07, 6.45) is -5.71. The van der Waals surface area contributed by atoms with Crippen molar-refractivity contribution in [3.8, 4) is 5.75 Å². The van der Waals surface area contributed by atoms with Gasteiger partial charge in [-0.3, -0.25) is 0 Å². The Kier molecular flexibility index (Phi) is 3.79. The van der Waals surface area contributed by atoms with Crippen LogP contribution >= 0.6 is 0 Å². The molecule has 0 aliphatic carbocycles. The molecule has 0 aliphatic rings. The maximum absolute atomic E-state index is 13.4. The van der Waals surface area contributed by atoms with Gasteiger partial charge in [0.15, 0.2) is 0 Å². The molecule has 0 spiro atoms. The molecule has 0 amide bonds. The molecule has 0 saturated carbocycles. The average Bonchev–Trinajstić information content (AvgIpc) is 2.44. The van der Waals surface area contributed by atoms with E-state index < -0.39 is 18.1 Å². The molecule has 0 aliphatic heterocycles. The smallest absolute Gasteiger partial charge is 0.455 e. The van der Waals surface area contributed by atoms with Crippen LogP contribution < -0.4 is 10.5 Å². The SMILES string of the molecule is COc1ccc(C(N)C(F)(F)C(F)(F)F)c2ccccc12. The van der Waals surface area contributed by atoms with Crippen molar-refractivity contribution in [3.63, 3.8) is 0 Å². The molecular formula is C14H12F5NO. The molecule has 114 valence electrons. The molecule has 0 saturated heterocycles. The molecular weight excluding hydrogens is 293 g/mol. The molecule has 2 rings (SSSR count). The Bertz CT molecular complexity index is 653. The summed E-state index contributed by atoms with van der Waals surface area (Å²) in [5.74, 6) is -4.65. The van der Waals surface area contributed by atoms with E-state index in [-0.39, 0.29) is 10.9 Å². The number of rotatable bonds is 3. The fourth-order valence-electron chi connectivity index (χ4n) is 2.12. The fourth-order valence-corrected chi connectivity index (χ4v) is 2.12. The van der Waals surface area contributed by atoms with Gasteiger partial charge in [0.05, 0.1) is 7.11 Å². The molecule has 1 unspecified atom stereocenters. The first kappa shape index (κ1) is 15.5. The number of benzene rings is 2. The third-order valence-electron chi connectivity index (χ3n) is 3.24. The second-order valence-electron chi connectivity index (χ2n) is 4.50. The lowest BCUT2D eigenvalue weighted by Crippen LogP contribution is -2.45. The van der Waals surface area contributed by atoms with Gasteiger partial charge in [-0.2, -0.15) is 22.0 Å². The first-order chi connectivity index (χ1) is 9.70. The zero-order valence-corrected chi connectivity index (χ0v) is 10.9. The number of fused-ring (bicyclic) bond motifs is 1. The van der Waals surface area contributed by atoms with Gasteiger partial charge < -0.3 is 10.5 Å². The summed E-state index contributed by atoms with van der Waals surface area (Å²) in [5.41, 5.74) is 4.92. The summed E-state index contributed by atoms with van der Waals surface area (Å²) < 4.78 is 69.3. The maximum atomic E-state index is 13.4. The number of nitrogens with two attached hydrogens (primary N) is 1. The third-order valence-corrected chi connectivity index (χ3v) is 3.24. The van der Waals surface area contributed by atoms with Gasteiger partial charge in [-0.15, -0.1) is 0 Å². The molecule has 0 heterocycles. The van der Waals surface area contributed by atoms with E-state index in [1.54, 1.807) is 12.1 Å². The van der Waals surface area contributed by atoms with Crippen molar-refractivity contribution in [1.29, 1.82) is 0 Å². The van der Waals surface area contributed by atoms with E-state index in [0.717, 1.165) is 6.07 Å². The fraction of sp³-hybridized carbons (Fsp3) is 0.286. The zero-order chi connectivity index (χ0) is 15.8. The van der Waals surface area contributed by atoms with Crippen LogP contribution in [0.5, 0.6) is 5.75 Å². The molecule has 0 aromatic heterocycles. The van der Waals surface area contributed by atoms with Crippen molar-refractivity contribution in [2.45, 2.75) is 18.1 Å². The number of methoxy groups -OCH3 is 1. The Morgan fingerprint density at radius 1 is 0.952 bits per heavy atom. The monoisotopic (exact) mass is 305 g/mol. The molecule has 7 heteroatoms. The summed E-state index contributed by atoms with van der Waals surface area (Å²) in [5, 5.41) is 0.624. The van der Waals surface area contributed by atoms with Crippen molar-refractivity contribution in [2.24, 2.45) is 5.73 Å². The van der Waals surface area contributed by atoms with Crippen LogP contribution in [0.1, 0.15) is 11.6 Å². The number of hydrogen-bond acceptors (Lipinski definition) is 2. The largest absolute Gasteiger partial charge is 0.496 e. The van der Waals surface area contributed by atoms with Crippen molar-refractivity contribution < 1.29 is 26.7 Å². The van der Waals surface area contributed by atoms with Gasteiger partial charge in [-0.25, -0.2) is 0 Å². The third kappa shape index (κ3) is 2.53. The summed E-state index contributed by atoms with van der Waals surface area (Å²) in [6.45, 7) is 0. The van der Waals surface area contributed by atoms with E-state index in [9.17, 15) is 22.0 Å². The normalized spacial score (nSPS) is 14.2. The van der Waals surface area contributed by atoms with Crippen LogP contribution in [0, 0.1) is 0 Å². The minimum Gasteiger partial charge on any atom is -0.496 e. The van der Waals surface area contributed by atoms with Gasteiger partial charge in [0.2, 0.25) is 0 Å². The maximum Gasteiger partial charge on any atom is 0.455 e. The Balaban J connectivity index is 2.63. The topological polar surface area (TPSA) is 35.2 Å². The molecule has 2 nitrogen and oxygen atoms in total. The number of hydrogen-bond donors (Lipinski definition) is 1. The Hall–Kier alpha value is -1.89. The average molecular weight is 305 g/mol. The highest BCUT2D eigenvalue weighted by Gasteiger charge is 2.61. The molecule has 2 N–H and O–H groups in total. The van der Waals surface area contributed by atoms with Gasteiger partial charge in [-0.05, 0) is 17.0 Å². The quantitative estimate of drug-likeness (QED) is 0.868. The van der Waals surface area contributed by atoms with Crippen molar-refractivity contribution in [3.05, 3.63) is 42.0 Å². The molecule has 2 aromatic rings. The molecule has 0 bridgehead atoms. The van der Waals surface area contributed by atoms with E-state index in [0.29, 0.717) is 11.1 Å². The van der Waals surface area contributed by atoms with Crippen molar-refractivity contribution >= 4 is 10.8 Å². The standard InChI is InChI=1S/C14H12F5NO/c1-21-11-7-6-10(8-4-2-3-5-9(8)11)12(20)13(15,16)14(17,18)19/h2-7,12H,20H2,1H3. The summed E-state index contributed by atoms with van der Waals surface area (Å²) in [6, 6.07) is 6.12. The predicted octanol–water partition coefficient (Wildman–Crippen LogP) is 4.05. The van der Waals surface area contributed by atoms with Gasteiger partial charge in [0, 0.05) is 5.39 Å². The van der Waals surface area contributed by atoms with Crippen LogP contribution in [-0.4, -0.2) is 19.2 Å². The number of ether oxygens (including phenoxy) is 1. The lowest BCUT2D eigenvalue weighted by Gasteiger charge is -2.27. The first-order valence-electron chi connectivity index (χ1n) is 5.96. The second-order valence-corrected chi connectivity index (χ2v) is 4.50. The van der Waals surface area contributed by atoms with Crippen LogP contribution in [-0.2, 0) is 0 Å². The second kappa shape index (κ2) is 5.14. The molecule has 2 aromatic carbocycles. The molecule has 21 heavy (non-hydrogen) atoms. The summed E-state index contributed by atoms with van der Waals surface area (Å²) >= 11 is 0. The van der Waals surface area contributed by atoms with Gasteiger partial charge in [0.1, 0.15) is 11.8 Å². The van der Waals surface area contributed by atoms with Gasteiger partial charge >= 0.3 is 12.1 Å². The lowest BCUT2D eigenvalue weighted by atomic mass is 9.94. The van der Waals surface area contributed by atoms with Gasteiger partial charge in [-0.1, -0.05) is 30.3 Å². The minimum absolute atomic E-state index is 0.202. The van der Waals surface area contributed by atoms with Crippen LogP contribution in [0.15, 0.2) is 36.4 Å². The lowest BCUT2D eigenvalue weighted by molar-refractivity contribution is -0.290. The van der Waals surface area contributed by atoms with Crippen molar-refractivity contribution in [1.82, 2.24) is 0 Å². The highest BCUT2D eigenvalue weighted by molar-refractivity contribution is 5.91. The highest BCUT2D eigenvalue weighted by Crippen LogP contribution is 2.45. The summed E-state index contributed by atoms with van der Waals surface area (Å²) in [4.78, 5) is 0. The van der Waals surface area contributed by atoms with Crippen LogP contribution in [0.25, 0.3) is 10.8 Å². The molecule has 1 atom stereocenters. The van der Waals surface area contributed by atoms with Crippen LogP contribution in [0.4, 0.5) is 22.0 Å². The summed E-state index contributed by atoms with van der Waals surface area (Å²) in [7, 11) is 1.38. The highest BCUT2D eigenvalue weighted by atomic mass is 19.4. The van der Waals surface area contributed by atoms with Gasteiger partial charge in [0.25, 0.3) is 0 Å². The predicted molar refractivity (Wildman–Crippen MR) is 68.4 cm³/mol. The van der Waals surface area contributed by atoms with E-state index in [2.05, 4.69) is 0 Å². The Labute approximate surface area is 117 Å². The number of alkyl halides is 5. The minimum atomic E-state index is -5.71. The van der Waals surface area contributed by atoms with E-state index in [1.807, 2.05) is 0 Å². The molecule has 0 fully saturated rings. The van der Waals surface area contributed by atoms with Crippen molar-refractivity contribution in [2.75, 3.05) is 7.11 Å². The van der Waals surface area contributed by atoms with E-state index in [4.69, 9.17) is 10.5 Å². The first-order valence-corrected chi connectivity index (χ1v) is 5.96. The zero-order valence-electron chi connectivity index (χ0n) is 10.9. The van der Waals surface area contributed by atoms with Crippen LogP contribution in [0.2, 0.25) is 0 Å². The van der Waals surface area contributed by atoms with Crippen LogP contribution in [0.3, 0.4) is 0 Å². The van der Waals surface area contributed by atoms with E-state index >= 15 is 0 Å². The Morgan fingerprint density at radius 3 is 2.05 bits per heavy atom. The molecule has 0 radical (unpaired) electrons. The number of halogens is 5.